The molecular formula is C7H15NO2. The molecule has 0 bridgehead atoms. The Morgan fingerprint density at radius 2 is 2.20 bits per heavy atom. The van der Waals surface area contributed by atoms with Crippen LogP contribution in [0.5, 0.6) is 0 Å². The Kier molecular flexibility index (Phi) is 4.19. The van der Waals surface area contributed by atoms with Gasteiger partial charge in [-0.2, -0.15) is 4.91 Å². The quantitative estimate of drug-likeness (QED) is 0.554. The lowest BCUT2D eigenvalue weighted by atomic mass is 10.0. The monoisotopic (exact) mass is 145 g/mol. The largest absolute Gasteiger partial charge is 0.376 e. The van der Waals surface area contributed by atoms with E-state index in [0.717, 1.165) is 12.8 Å². The first-order valence-corrected chi connectivity index (χ1v) is 3.53. The Labute approximate surface area is 61.7 Å². The SMILES string of the molecule is CCC[C@@](C)(CN=O)OC. The Balaban J connectivity index is 3.80. The van der Waals surface area contributed by atoms with Crippen molar-refractivity contribution in [3.8, 4) is 0 Å². The number of nitrogens with zero attached hydrogens (tertiary/aromatic N) is 1. The number of rotatable bonds is 5. The first-order chi connectivity index (χ1) is 4.68. The summed E-state index contributed by atoms with van der Waals surface area (Å²) in [6.07, 6.45) is 1.90. The summed E-state index contributed by atoms with van der Waals surface area (Å²) in [4.78, 5) is 9.92. The van der Waals surface area contributed by atoms with Crippen molar-refractivity contribution < 1.29 is 4.74 Å². The van der Waals surface area contributed by atoms with Crippen molar-refractivity contribution >= 4 is 0 Å². The fourth-order valence-electron chi connectivity index (χ4n) is 0.911. The summed E-state index contributed by atoms with van der Waals surface area (Å²) in [7, 11) is 1.61. The third kappa shape index (κ3) is 2.92. The summed E-state index contributed by atoms with van der Waals surface area (Å²) in [6, 6.07) is 0. The van der Waals surface area contributed by atoms with E-state index < -0.39 is 0 Å². The summed E-state index contributed by atoms with van der Waals surface area (Å²) in [5.41, 5.74) is -0.337. The van der Waals surface area contributed by atoms with E-state index in [1.165, 1.54) is 0 Å². The van der Waals surface area contributed by atoms with Gasteiger partial charge in [0.2, 0.25) is 0 Å². The highest BCUT2D eigenvalue weighted by Gasteiger charge is 2.22. The number of hydrogen-bond donors (Lipinski definition) is 0. The summed E-state index contributed by atoms with van der Waals surface area (Å²) in [5, 5.41) is 2.82. The number of ether oxygens (including phenoxy) is 1. The van der Waals surface area contributed by atoms with Crippen LogP contribution in [0.3, 0.4) is 0 Å². The van der Waals surface area contributed by atoms with Crippen molar-refractivity contribution in [2.45, 2.75) is 32.3 Å². The van der Waals surface area contributed by atoms with Crippen LogP contribution in [0.4, 0.5) is 0 Å². The van der Waals surface area contributed by atoms with Gasteiger partial charge in [0, 0.05) is 7.11 Å². The van der Waals surface area contributed by atoms with E-state index in [2.05, 4.69) is 12.1 Å². The van der Waals surface area contributed by atoms with Crippen LogP contribution < -0.4 is 0 Å². The molecule has 0 heterocycles. The lowest BCUT2D eigenvalue weighted by Crippen LogP contribution is -2.30. The lowest BCUT2D eigenvalue weighted by Gasteiger charge is -2.23. The predicted octanol–water partition coefficient (Wildman–Crippen LogP) is 1.96. The zero-order valence-corrected chi connectivity index (χ0v) is 6.89. The molecule has 3 nitrogen and oxygen atoms in total. The first-order valence-electron chi connectivity index (χ1n) is 3.53. The molecule has 0 aromatic rings. The fourth-order valence-corrected chi connectivity index (χ4v) is 0.911. The van der Waals surface area contributed by atoms with E-state index in [-0.39, 0.29) is 12.1 Å². The molecule has 0 aliphatic heterocycles. The van der Waals surface area contributed by atoms with Gasteiger partial charge in [0.15, 0.2) is 0 Å². The molecule has 0 aromatic heterocycles. The van der Waals surface area contributed by atoms with Crippen molar-refractivity contribution in [2.75, 3.05) is 13.7 Å². The van der Waals surface area contributed by atoms with E-state index in [1.54, 1.807) is 7.11 Å². The molecule has 0 aliphatic carbocycles. The average molecular weight is 145 g/mol. The maximum absolute atomic E-state index is 9.92. The molecular weight excluding hydrogens is 130 g/mol. The molecule has 1 atom stereocenters. The molecule has 0 saturated heterocycles. The summed E-state index contributed by atoms with van der Waals surface area (Å²) >= 11 is 0. The zero-order valence-electron chi connectivity index (χ0n) is 6.89. The maximum atomic E-state index is 9.92. The molecule has 0 radical (unpaired) electrons. The maximum Gasteiger partial charge on any atom is 0.110 e. The molecule has 0 spiro atoms. The minimum Gasteiger partial charge on any atom is -0.376 e. The molecule has 10 heavy (non-hydrogen) atoms. The average Bonchev–Trinajstić information content (AvgIpc) is 1.89. The Morgan fingerprint density at radius 1 is 1.60 bits per heavy atom. The van der Waals surface area contributed by atoms with Crippen molar-refractivity contribution in [2.24, 2.45) is 5.18 Å². The van der Waals surface area contributed by atoms with E-state index in [9.17, 15) is 4.91 Å². The van der Waals surface area contributed by atoms with Crippen molar-refractivity contribution in [3.05, 3.63) is 4.91 Å². The minimum atomic E-state index is -0.337. The number of nitroso groups, excluding NO2 is 1. The van der Waals surface area contributed by atoms with Crippen LogP contribution in [-0.2, 0) is 4.74 Å². The number of hydrogen-bond acceptors (Lipinski definition) is 3. The van der Waals surface area contributed by atoms with E-state index in [0.29, 0.717) is 0 Å². The second-order valence-corrected chi connectivity index (χ2v) is 2.69. The Bertz CT molecular complexity index is 106. The predicted molar refractivity (Wildman–Crippen MR) is 41.0 cm³/mol. The van der Waals surface area contributed by atoms with Crippen LogP contribution in [-0.4, -0.2) is 19.3 Å². The highest BCUT2D eigenvalue weighted by Crippen LogP contribution is 2.16. The van der Waals surface area contributed by atoms with Crippen molar-refractivity contribution in [1.82, 2.24) is 0 Å². The molecule has 60 valence electrons. The van der Waals surface area contributed by atoms with Crippen LogP contribution >= 0.6 is 0 Å². The molecule has 0 aromatic carbocycles. The molecule has 0 N–H and O–H groups in total. The van der Waals surface area contributed by atoms with Gasteiger partial charge in [-0.15, -0.1) is 0 Å². The highest BCUT2D eigenvalue weighted by molar-refractivity contribution is 4.76. The van der Waals surface area contributed by atoms with Gasteiger partial charge < -0.3 is 4.74 Å². The highest BCUT2D eigenvalue weighted by atomic mass is 16.5. The smallest absolute Gasteiger partial charge is 0.110 e. The summed E-state index contributed by atoms with van der Waals surface area (Å²) in [5.74, 6) is 0. The Hall–Kier alpha value is -0.440. The van der Waals surface area contributed by atoms with E-state index >= 15 is 0 Å². The summed E-state index contributed by atoms with van der Waals surface area (Å²) in [6.45, 7) is 4.21. The Morgan fingerprint density at radius 3 is 2.50 bits per heavy atom. The second kappa shape index (κ2) is 4.39. The second-order valence-electron chi connectivity index (χ2n) is 2.69. The summed E-state index contributed by atoms with van der Waals surface area (Å²) < 4.78 is 5.12. The normalized spacial score (nSPS) is 16.3. The first kappa shape index (κ1) is 9.56. The van der Waals surface area contributed by atoms with E-state index in [1.807, 2.05) is 6.92 Å². The number of methoxy groups -OCH3 is 1. The molecule has 3 heteroatoms. The van der Waals surface area contributed by atoms with Crippen LogP contribution in [0, 0.1) is 4.91 Å². The van der Waals surface area contributed by atoms with Gasteiger partial charge in [-0.25, -0.2) is 0 Å². The van der Waals surface area contributed by atoms with Gasteiger partial charge in [-0.3, -0.25) is 0 Å². The van der Waals surface area contributed by atoms with Gasteiger partial charge in [-0.1, -0.05) is 18.5 Å². The van der Waals surface area contributed by atoms with Gasteiger partial charge in [0.25, 0.3) is 0 Å². The van der Waals surface area contributed by atoms with Crippen LogP contribution in [0.15, 0.2) is 5.18 Å². The van der Waals surface area contributed by atoms with Gasteiger partial charge in [-0.05, 0) is 13.3 Å². The van der Waals surface area contributed by atoms with Crippen molar-refractivity contribution in [3.63, 3.8) is 0 Å². The standard InChI is InChI=1S/C7H15NO2/c1-4-5-7(2,10-3)6-8-9/h4-6H2,1-3H3/t7-/m0/s1. The minimum absolute atomic E-state index is 0.247. The molecule has 0 aliphatic rings. The van der Waals surface area contributed by atoms with Gasteiger partial charge in [0.05, 0.1) is 5.60 Å². The topological polar surface area (TPSA) is 38.7 Å². The van der Waals surface area contributed by atoms with Crippen molar-refractivity contribution in [1.29, 1.82) is 0 Å². The molecule has 0 saturated carbocycles. The van der Waals surface area contributed by atoms with Crippen LogP contribution in [0.1, 0.15) is 26.7 Å². The van der Waals surface area contributed by atoms with Gasteiger partial charge in [0.1, 0.15) is 6.54 Å². The molecule has 0 amide bonds. The molecule has 0 unspecified atom stereocenters. The molecule has 0 fully saturated rings. The van der Waals surface area contributed by atoms with Crippen LogP contribution in [0.25, 0.3) is 0 Å². The third-order valence-electron chi connectivity index (χ3n) is 1.67. The lowest BCUT2D eigenvalue weighted by molar-refractivity contribution is 0.00642. The fraction of sp³-hybridized carbons (Fsp3) is 1.00. The zero-order chi connectivity index (χ0) is 8.04. The third-order valence-corrected chi connectivity index (χ3v) is 1.67. The van der Waals surface area contributed by atoms with E-state index in [4.69, 9.17) is 4.74 Å². The van der Waals surface area contributed by atoms with Crippen LogP contribution in [0.2, 0.25) is 0 Å². The molecule has 0 rings (SSSR count). The van der Waals surface area contributed by atoms with Gasteiger partial charge >= 0.3 is 0 Å².